The molecule has 0 saturated carbocycles. The van der Waals surface area contributed by atoms with Crippen LogP contribution in [-0.4, -0.2) is 24.3 Å². The Morgan fingerprint density at radius 2 is 1.88 bits per heavy atom. The molecule has 0 spiro atoms. The molecule has 0 bridgehead atoms. The molecule has 2 aromatic carbocycles. The maximum atomic E-state index is 12.8. The van der Waals surface area contributed by atoms with Gasteiger partial charge in [0.05, 0.1) is 11.3 Å². The molecule has 3 rings (SSSR count). The van der Waals surface area contributed by atoms with E-state index in [4.69, 9.17) is 9.47 Å². The SMILES string of the molecule is C/C(=N\NC(=O)[C@@H]1COc2ccccc2O1)c1cccc(C(F)(F)F)c1. The molecule has 0 saturated heterocycles. The van der Waals surface area contributed by atoms with Crippen molar-refractivity contribution in [3.63, 3.8) is 0 Å². The predicted molar refractivity (Wildman–Crippen MR) is 88.2 cm³/mol. The first kappa shape index (κ1) is 17.8. The van der Waals surface area contributed by atoms with E-state index in [1.165, 1.54) is 19.1 Å². The molecule has 5 nitrogen and oxygen atoms in total. The van der Waals surface area contributed by atoms with Gasteiger partial charge in [-0.1, -0.05) is 24.3 Å². The van der Waals surface area contributed by atoms with Crippen molar-refractivity contribution in [2.75, 3.05) is 6.61 Å². The van der Waals surface area contributed by atoms with Gasteiger partial charge in [-0.25, -0.2) is 5.43 Å². The molecule has 1 N–H and O–H groups in total. The maximum Gasteiger partial charge on any atom is 0.416 e. The molecular weight excluding hydrogens is 349 g/mol. The highest BCUT2D eigenvalue weighted by Gasteiger charge is 2.30. The number of hydrazone groups is 1. The average molecular weight is 364 g/mol. The first-order valence-electron chi connectivity index (χ1n) is 7.75. The van der Waals surface area contributed by atoms with Crippen LogP contribution < -0.4 is 14.9 Å². The third-order valence-corrected chi connectivity index (χ3v) is 3.74. The molecule has 0 fully saturated rings. The zero-order valence-corrected chi connectivity index (χ0v) is 13.7. The Hall–Kier alpha value is -3.03. The van der Waals surface area contributed by atoms with E-state index in [9.17, 15) is 18.0 Å². The molecule has 136 valence electrons. The van der Waals surface area contributed by atoms with E-state index in [0.717, 1.165) is 12.1 Å². The molecule has 0 unspecified atom stereocenters. The summed E-state index contributed by atoms with van der Waals surface area (Å²) in [6, 6.07) is 11.6. The fourth-order valence-corrected chi connectivity index (χ4v) is 2.34. The van der Waals surface area contributed by atoms with E-state index in [1.807, 2.05) is 0 Å². The van der Waals surface area contributed by atoms with Crippen LogP contribution >= 0.6 is 0 Å². The van der Waals surface area contributed by atoms with E-state index >= 15 is 0 Å². The van der Waals surface area contributed by atoms with Gasteiger partial charge in [0.15, 0.2) is 11.5 Å². The van der Waals surface area contributed by atoms with Gasteiger partial charge >= 0.3 is 6.18 Å². The van der Waals surface area contributed by atoms with Gasteiger partial charge in [-0.05, 0) is 36.8 Å². The molecule has 1 atom stereocenters. The normalized spacial score (nSPS) is 16.9. The van der Waals surface area contributed by atoms with Crippen molar-refractivity contribution in [3.8, 4) is 11.5 Å². The molecule has 1 amide bonds. The second-order valence-electron chi connectivity index (χ2n) is 5.62. The molecular formula is C18H15F3N2O3. The molecule has 1 aliphatic heterocycles. The lowest BCUT2D eigenvalue weighted by molar-refractivity contribution is -0.137. The van der Waals surface area contributed by atoms with E-state index in [1.54, 1.807) is 24.3 Å². The van der Waals surface area contributed by atoms with Crippen LogP contribution in [0, 0.1) is 0 Å². The number of amides is 1. The van der Waals surface area contributed by atoms with Gasteiger partial charge in [0.2, 0.25) is 6.10 Å². The van der Waals surface area contributed by atoms with E-state index < -0.39 is 23.8 Å². The molecule has 0 radical (unpaired) electrons. The van der Waals surface area contributed by atoms with Gasteiger partial charge in [-0.15, -0.1) is 0 Å². The number of fused-ring (bicyclic) bond motifs is 1. The number of hydrogen-bond acceptors (Lipinski definition) is 4. The minimum Gasteiger partial charge on any atom is -0.485 e. The number of nitrogens with one attached hydrogen (secondary N) is 1. The second kappa shape index (κ2) is 7.07. The highest BCUT2D eigenvalue weighted by atomic mass is 19.4. The average Bonchev–Trinajstić information content (AvgIpc) is 2.64. The minimum absolute atomic E-state index is 0.0149. The lowest BCUT2D eigenvalue weighted by Gasteiger charge is -2.24. The molecule has 8 heteroatoms. The van der Waals surface area contributed by atoms with Crippen LogP contribution in [0.4, 0.5) is 13.2 Å². The molecule has 0 aromatic heterocycles. The first-order chi connectivity index (χ1) is 12.3. The standard InChI is InChI=1S/C18H15F3N2O3/c1-11(12-5-4-6-13(9-12)18(19,20)21)22-23-17(24)16-10-25-14-7-2-3-8-15(14)26-16/h2-9,16H,10H2,1H3,(H,23,24)/b22-11+/t16-/m0/s1. The van der Waals surface area contributed by atoms with Gasteiger partial charge in [0.25, 0.3) is 5.91 Å². The largest absolute Gasteiger partial charge is 0.485 e. The summed E-state index contributed by atoms with van der Waals surface area (Å²) >= 11 is 0. The number of alkyl halides is 3. The first-order valence-corrected chi connectivity index (χ1v) is 7.75. The van der Waals surface area contributed by atoms with Crippen molar-refractivity contribution >= 4 is 11.6 Å². The molecule has 26 heavy (non-hydrogen) atoms. The van der Waals surface area contributed by atoms with E-state index in [2.05, 4.69) is 10.5 Å². The summed E-state index contributed by atoms with van der Waals surface area (Å²) < 4.78 is 49.3. The number of nitrogens with zero attached hydrogens (tertiary/aromatic N) is 1. The highest BCUT2D eigenvalue weighted by molar-refractivity contribution is 5.99. The van der Waals surface area contributed by atoms with Gasteiger partial charge in [0, 0.05) is 0 Å². The fourth-order valence-electron chi connectivity index (χ4n) is 2.34. The number of carbonyl (C=O) groups is 1. The molecule has 1 heterocycles. The van der Waals surface area contributed by atoms with Gasteiger partial charge in [-0.2, -0.15) is 18.3 Å². The van der Waals surface area contributed by atoms with Crippen molar-refractivity contribution in [3.05, 3.63) is 59.7 Å². The van der Waals surface area contributed by atoms with Crippen molar-refractivity contribution < 1.29 is 27.4 Å². The summed E-state index contributed by atoms with van der Waals surface area (Å²) in [6.07, 6.45) is -5.34. The Morgan fingerprint density at radius 1 is 1.15 bits per heavy atom. The number of rotatable bonds is 3. The minimum atomic E-state index is -4.44. The van der Waals surface area contributed by atoms with Gasteiger partial charge < -0.3 is 9.47 Å². The third kappa shape index (κ3) is 3.96. The van der Waals surface area contributed by atoms with Crippen LogP contribution in [0.3, 0.4) is 0 Å². The zero-order chi connectivity index (χ0) is 18.7. The summed E-state index contributed by atoms with van der Waals surface area (Å²) in [7, 11) is 0. The fraction of sp³-hybridized carbons (Fsp3) is 0.222. The lowest BCUT2D eigenvalue weighted by Crippen LogP contribution is -2.42. The van der Waals surface area contributed by atoms with E-state index in [0.29, 0.717) is 11.5 Å². The van der Waals surface area contributed by atoms with Crippen molar-refractivity contribution in [2.45, 2.75) is 19.2 Å². The van der Waals surface area contributed by atoms with Crippen LogP contribution in [0.1, 0.15) is 18.1 Å². The Labute approximate surface area is 147 Å². The Balaban J connectivity index is 1.67. The van der Waals surface area contributed by atoms with Crippen LogP contribution in [0.5, 0.6) is 11.5 Å². The van der Waals surface area contributed by atoms with E-state index in [-0.39, 0.29) is 17.9 Å². The van der Waals surface area contributed by atoms with Gasteiger partial charge in [0.1, 0.15) is 6.61 Å². The number of hydrogen-bond donors (Lipinski definition) is 1. The highest BCUT2D eigenvalue weighted by Crippen LogP contribution is 2.31. The zero-order valence-electron chi connectivity index (χ0n) is 13.7. The Bertz CT molecular complexity index is 850. The predicted octanol–water partition coefficient (Wildman–Crippen LogP) is 3.39. The Morgan fingerprint density at radius 3 is 2.62 bits per heavy atom. The van der Waals surface area contributed by atoms with Crippen LogP contribution in [-0.2, 0) is 11.0 Å². The maximum absolute atomic E-state index is 12.8. The summed E-state index contributed by atoms with van der Waals surface area (Å²) in [4.78, 5) is 12.2. The second-order valence-corrected chi connectivity index (χ2v) is 5.62. The van der Waals surface area contributed by atoms with Crippen molar-refractivity contribution in [1.29, 1.82) is 0 Å². The molecule has 0 aliphatic carbocycles. The Kier molecular flexibility index (Phi) is 4.83. The summed E-state index contributed by atoms with van der Waals surface area (Å²) in [5.74, 6) is 0.434. The summed E-state index contributed by atoms with van der Waals surface area (Å²) in [6.45, 7) is 1.52. The molecule has 1 aliphatic rings. The van der Waals surface area contributed by atoms with Gasteiger partial charge in [-0.3, -0.25) is 4.79 Å². The number of ether oxygens (including phenoxy) is 2. The number of halogens is 3. The number of benzene rings is 2. The van der Waals surface area contributed by atoms with Crippen molar-refractivity contribution in [2.24, 2.45) is 5.10 Å². The molecule has 2 aromatic rings. The van der Waals surface area contributed by atoms with Crippen molar-refractivity contribution in [1.82, 2.24) is 5.43 Å². The summed E-state index contributed by atoms with van der Waals surface area (Å²) in [5, 5.41) is 3.86. The quantitative estimate of drug-likeness (QED) is 0.671. The smallest absolute Gasteiger partial charge is 0.416 e. The monoisotopic (exact) mass is 364 g/mol. The topological polar surface area (TPSA) is 59.9 Å². The number of carbonyl (C=O) groups excluding carboxylic acids is 1. The summed E-state index contributed by atoms with van der Waals surface area (Å²) in [5.41, 5.74) is 2.01. The third-order valence-electron chi connectivity index (χ3n) is 3.74. The van der Waals surface area contributed by atoms with Crippen LogP contribution in [0.25, 0.3) is 0 Å². The van der Waals surface area contributed by atoms with Crippen LogP contribution in [0.2, 0.25) is 0 Å². The number of para-hydroxylation sites is 2. The van der Waals surface area contributed by atoms with Crippen LogP contribution in [0.15, 0.2) is 53.6 Å². The lowest BCUT2D eigenvalue weighted by atomic mass is 10.1.